The van der Waals surface area contributed by atoms with Gasteiger partial charge in [-0.05, 0) is 18.2 Å². The average molecular weight is 265 g/mol. The Hall–Kier alpha value is -2.37. The summed E-state index contributed by atoms with van der Waals surface area (Å²) in [6.45, 7) is 0. The zero-order valence-corrected chi connectivity index (χ0v) is 11.2. The molecular formula is C13H15NO5. The molecule has 0 atom stereocenters. The van der Waals surface area contributed by atoms with Gasteiger partial charge in [-0.2, -0.15) is 0 Å². The Morgan fingerprint density at radius 2 is 1.26 bits per heavy atom. The van der Waals surface area contributed by atoms with Crippen molar-refractivity contribution in [1.82, 2.24) is 0 Å². The van der Waals surface area contributed by atoms with E-state index in [0.29, 0.717) is 11.5 Å². The normalized spacial score (nSPS) is 10.8. The fourth-order valence-corrected chi connectivity index (χ4v) is 1.56. The van der Waals surface area contributed by atoms with E-state index < -0.39 is 11.9 Å². The molecule has 0 aliphatic carbocycles. The molecule has 0 unspecified atom stereocenters. The zero-order valence-electron chi connectivity index (χ0n) is 11.2. The molecule has 0 aliphatic heterocycles. The van der Waals surface area contributed by atoms with E-state index in [4.69, 9.17) is 4.74 Å². The molecular weight excluding hydrogens is 250 g/mol. The Labute approximate surface area is 111 Å². The monoisotopic (exact) mass is 265 g/mol. The molecule has 0 amide bonds. The van der Waals surface area contributed by atoms with Crippen molar-refractivity contribution in [1.29, 1.82) is 0 Å². The third-order valence-electron chi connectivity index (χ3n) is 2.42. The summed E-state index contributed by atoms with van der Waals surface area (Å²) in [7, 11) is 5.52. The molecule has 0 spiro atoms. The smallest absolute Gasteiger partial charge is 0.337 e. The Bertz CT molecular complexity index is 488. The van der Waals surface area contributed by atoms with Crippen molar-refractivity contribution in [2.75, 3.05) is 28.4 Å². The SMILES string of the molecule is CN=C(OC)c1cc(C(=O)OC)cc(C(=O)OC)c1. The highest BCUT2D eigenvalue weighted by atomic mass is 16.5. The zero-order chi connectivity index (χ0) is 14.4. The number of carbonyl (C=O) groups is 2. The average Bonchev–Trinajstić information content (AvgIpc) is 2.46. The molecule has 1 aromatic carbocycles. The summed E-state index contributed by atoms with van der Waals surface area (Å²) in [6, 6.07) is 4.46. The first kappa shape index (κ1) is 14.7. The van der Waals surface area contributed by atoms with Crippen LogP contribution in [0.3, 0.4) is 0 Å². The number of esters is 2. The summed E-state index contributed by atoms with van der Waals surface area (Å²) in [4.78, 5) is 27.1. The Kier molecular flexibility index (Phi) is 5.05. The van der Waals surface area contributed by atoms with Crippen molar-refractivity contribution in [2.24, 2.45) is 4.99 Å². The number of carbonyl (C=O) groups excluding carboxylic acids is 2. The highest BCUT2D eigenvalue weighted by molar-refractivity contribution is 6.01. The van der Waals surface area contributed by atoms with Crippen molar-refractivity contribution in [3.05, 3.63) is 34.9 Å². The van der Waals surface area contributed by atoms with Gasteiger partial charge in [0.05, 0.1) is 32.5 Å². The molecule has 0 N–H and O–H groups in total. The van der Waals surface area contributed by atoms with Gasteiger partial charge in [-0.1, -0.05) is 0 Å². The topological polar surface area (TPSA) is 74.2 Å². The second kappa shape index (κ2) is 6.53. The van der Waals surface area contributed by atoms with Gasteiger partial charge >= 0.3 is 11.9 Å². The van der Waals surface area contributed by atoms with Gasteiger partial charge in [0.25, 0.3) is 0 Å². The predicted molar refractivity (Wildman–Crippen MR) is 68.6 cm³/mol. The highest BCUT2D eigenvalue weighted by Crippen LogP contribution is 2.14. The van der Waals surface area contributed by atoms with Gasteiger partial charge in [0.1, 0.15) is 0 Å². The molecule has 0 aromatic heterocycles. The Balaban J connectivity index is 3.39. The first-order valence-electron chi connectivity index (χ1n) is 5.40. The van der Waals surface area contributed by atoms with Crippen LogP contribution >= 0.6 is 0 Å². The molecule has 0 heterocycles. The van der Waals surface area contributed by atoms with Crippen molar-refractivity contribution in [3.8, 4) is 0 Å². The van der Waals surface area contributed by atoms with E-state index in [-0.39, 0.29) is 11.1 Å². The van der Waals surface area contributed by atoms with Crippen LogP contribution in [-0.4, -0.2) is 46.2 Å². The van der Waals surface area contributed by atoms with E-state index in [2.05, 4.69) is 14.5 Å². The molecule has 0 saturated heterocycles. The lowest BCUT2D eigenvalue weighted by Crippen LogP contribution is -2.11. The van der Waals surface area contributed by atoms with Gasteiger partial charge in [0.15, 0.2) is 0 Å². The van der Waals surface area contributed by atoms with Gasteiger partial charge in [0.2, 0.25) is 5.90 Å². The number of benzene rings is 1. The number of hydrogen-bond acceptors (Lipinski definition) is 6. The maximum absolute atomic E-state index is 11.6. The van der Waals surface area contributed by atoms with E-state index >= 15 is 0 Å². The summed E-state index contributed by atoms with van der Waals surface area (Å²) in [5, 5.41) is 0. The van der Waals surface area contributed by atoms with E-state index in [1.54, 1.807) is 7.05 Å². The third kappa shape index (κ3) is 3.31. The predicted octanol–water partition coefficient (Wildman–Crippen LogP) is 1.28. The summed E-state index contributed by atoms with van der Waals surface area (Å²) in [5.41, 5.74) is 0.936. The fourth-order valence-electron chi connectivity index (χ4n) is 1.56. The van der Waals surface area contributed by atoms with Gasteiger partial charge in [-0.3, -0.25) is 4.99 Å². The highest BCUT2D eigenvalue weighted by Gasteiger charge is 2.16. The molecule has 0 radical (unpaired) electrons. The second-order valence-electron chi connectivity index (χ2n) is 3.52. The van der Waals surface area contributed by atoms with E-state index in [9.17, 15) is 9.59 Å². The lowest BCUT2D eigenvalue weighted by Gasteiger charge is -2.09. The molecule has 0 aliphatic rings. The lowest BCUT2D eigenvalue weighted by atomic mass is 10.1. The van der Waals surface area contributed by atoms with E-state index in [0.717, 1.165) is 0 Å². The molecule has 0 saturated carbocycles. The number of ether oxygens (including phenoxy) is 3. The van der Waals surface area contributed by atoms with Crippen molar-refractivity contribution in [3.63, 3.8) is 0 Å². The van der Waals surface area contributed by atoms with Crippen LogP contribution < -0.4 is 0 Å². The first-order valence-corrected chi connectivity index (χ1v) is 5.40. The number of rotatable bonds is 3. The third-order valence-corrected chi connectivity index (χ3v) is 2.42. The quantitative estimate of drug-likeness (QED) is 0.467. The minimum absolute atomic E-state index is 0.221. The number of hydrogen-bond donors (Lipinski definition) is 0. The van der Waals surface area contributed by atoms with Crippen LogP contribution in [0.4, 0.5) is 0 Å². The van der Waals surface area contributed by atoms with Gasteiger partial charge < -0.3 is 14.2 Å². The molecule has 102 valence electrons. The van der Waals surface area contributed by atoms with Crippen LogP contribution in [0, 0.1) is 0 Å². The van der Waals surface area contributed by atoms with Gasteiger partial charge in [-0.25, -0.2) is 9.59 Å². The molecule has 19 heavy (non-hydrogen) atoms. The molecule has 0 bridgehead atoms. The number of methoxy groups -OCH3 is 3. The number of nitrogens with zero attached hydrogens (tertiary/aromatic N) is 1. The van der Waals surface area contributed by atoms with Crippen LogP contribution in [0.2, 0.25) is 0 Å². The van der Waals surface area contributed by atoms with Crippen LogP contribution in [0.15, 0.2) is 23.2 Å². The van der Waals surface area contributed by atoms with Gasteiger partial charge in [0, 0.05) is 12.6 Å². The number of aliphatic imine (C=N–C) groups is 1. The standard InChI is InChI=1S/C13H15NO5/c1-14-11(17-2)8-5-9(12(15)18-3)7-10(6-8)13(16)19-4/h5-7H,1-4H3. The summed E-state index contributed by atoms with van der Waals surface area (Å²) in [6.07, 6.45) is 0. The molecule has 1 aromatic rings. The van der Waals surface area contributed by atoms with Crippen molar-refractivity contribution in [2.45, 2.75) is 0 Å². The minimum Gasteiger partial charge on any atom is -0.481 e. The van der Waals surface area contributed by atoms with E-state index in [1.807, 2.05) is 0 Å². The van der Waals surface area contributed by atoms with Crippen LogP contribution in [0.1, 0.15) is 26.3 Å². The summed E-state index contributed by atoms with van der Waals surface area (Å²) in [5.74, 6) is -0.812. The van der Waals surface area contributed by atoms with Crippen LogP contribution in [-0.2, 0) is 14.2 Å². The first-order chi connectivity index (χ1) is 9.07. The maximum atomic E-state index is 11.6. The fraction of sp³-hybridized carbons (Fsp3) is 0.308. The Morgan fingerprint density at radius 1 is 0.842 bits per heavy atom. The summed E-state index contributed by atoms with van der Waals surface area (Å²) >= 11 is 0. The minimum atomic E-state index is -0.557. The maximum Gasteiger partial charge on any atom is 0.337 e. The summed E-state index contributed by atoms with van der Waals surface area (Å²) < 4.78 is 14.3. The van der Waals surface area contributed by atoms with Crippen LogP contribution in [0.25, 0.3) is 0 Å². The molecule has 0 fully saturated rings. The van der Waals surface area contributed by atoms with Gasteiger partial charge in [-0.15, -0.1) is 0 Å². The second-order valence-corrected chi connectivity index (χ2v) is 3.52. The lowest BCUT2D eigenvalue weighted by molar-refractivity contribution is 0.0599. The molecule has 6 nitrogen and oxygen atoms in total. The molecule has 1 rings (SSSR count). The molecule has 6 heteroatoms. The van der Waals surface area contributed by atoms with Crippen LogP contribution in [0.5, 0.6) is 0 Å². The Morgan fingerprint density at radius 3 is 1.58 bits per heavy atom. The largest absolute Gasteiger partial charge is 0.481 e. The van der Waals surface area contributed by atoms with E-state index in [1.165, 1.54) is 39.5 Å². The van der Waals surface area contributed by atoms with Crippen molar-refractivity contribution >= 4 is 17.8 Å². The van der Waals surface area contributed by atoms with Crippen molar-refractivity contribution < 1.29 is 23.8 Å².